The third-order valence-corrected chi connectivity index (χ3v) is 3.30. The number of benzene rings is 2. The van der Waals surface area contributed by atoms with Crippen LogP contribution in [0.2, 0.25) is 15.9 Å². The largest absolute Gasteiger partial charge is 0.295 e. The van der Waals surface area contributed by atoms with Crippen LogP contribution in [0.3, 0.4) is 0 Å². The summed E-state index contributed by atoms with van der Waals surface area (Å²) in [5.41, 5.74) is 1.52. The van der Waals surface area contributed by atoms with Crippen molar-refractivity contribution >= 4 is 36.8 Å². The molecule has 2 aromatic rings. The third-order valence-electron chi connectivity index (χ3n) is 2.81. The first-order valence-electron chi connectivity index (χ1n) is 5.86. The monoisotopic (exact) mass is 288 g/mol. The lowest BCUT2D eigenvalue weighted by Gasteiger charge is -2.11. The van der Waals surface area contributed by atoms with Gasteiger partial charge in [0.15, 0.2) is 5.78 Å². The third kappa shape index (κ3) is 3.86. The molecule has 2 radical (unpaired) electrons. The predicted octanol–water partition coefficient (Wildman–Crippen LogP) is 4.38. The van der Waals surface area contributed by atoms with Crippen molar-refractivity contribution in [2.24, 2.45) is 0 Å². The van der Waals surface area contributed by atoms with Crippen molar-refractivity contribution in [2.45, 2.75) is 12.2 Å². The number of carbonyl (C=O) groups excluding carboxylic acids is 1. The zero-order chi connectivity index (χ0) is 13.8. The molecule has 94 valence electrons. The van der Waals surface area contributed by atoms with Crippen LogP contribution in [0.25, 0.3) is 0 Å². The summed E-state index contributed by atoms with van der Waals surface area (Å²) in [7, 11) is 5.94. The van der Waals surface area contributed by atoms with Gasteiger partial charge in [-0.15, -0.1) is 0 Å². The molecule has 0 aliphatic rings. The topological polar surface area (TPSA) is 17.1 Å². The Labute approximate surface area is 124 Å². The summed E-state index contributed by atoms with van der Waals surface area (Å²) in [6, 6.07) is 14.1. The predicted molar refractivity (Wildman–Crippen MR) is 80.4 cm³/mol. The zero-order valence-electron chi connectivity index (χ0n) is 10.1. The molecule has 1 atom stereocenters. The SMILES string of the molecule is [B]C(Cc1ccc(Cl)cc1)C(=O)c1cccc(Cl)c1. The Morgan fingerprint density at radius 2 is 1.74 bits per heavy atom. The first-order chi connectivity index (χ1) is 9.06. The minimum absolute atomic E-state index is 0.113. The first-order valence-corrected chi connectivity index (χ1v) is 6.61. The molecule has 19 heavy (non-hydrogen) atoms. The fourth-order valence-electron chi connectivity index (χ4n) is 1.82. The highest BCUT2D eigenvalue weighted by Crippen LogP contribution is 2.20. The van der Waals surface area contributed by atoms with Gasteiger partial charge in [0, 0.05) is 15.6 Å². The molecule has 0 spiro atoms. The summed E-state index contributed by atoms with van der Waals surface area (Å²) >= 11 is 11.7. The molecule has 2 aromatic carbocycles. The molecule has 0 heterocycles. The molecule has 0 bridgehead atoms. The van der Waals surface area contributed by atoms with E-state index in [2.05, 4.69) is 0 Å². The maximum Gasteiger partial charge on any atom is 0.157 e. The van der Waals surface area contributed by atoms with Crippen molar-refractivity contribution in [3.05, 3.63) is 69.7 Å². The number of rotatable bonds is 4. The van der Waals surface area contributed by atoms with E-state index in [0.717, 1.165) is 5.56 Å². The van der Waals surface area contributed by atoms with Crippen molar-refractivity contribution in [3.63, 3.8) is 0 Å². The minimum atomic E-state index is -0.584. The van der Waals surface area contributed by atoms with Gasteiger partial charge in [0.1, 0.15) is 0 Å². The molecule has 0 fully saturated rings. The number of carbonyl (C=O) groups is 1. The van der Waals surface area contributed by atoms with E-state index in [1.807, 2.05) is 12.1 Å². The van der Waals surface area contributed by atoms with Gasteiger partial charge in [0.05, 0.1) is 7.85 Å². The van der Waals surface area contributed by atoms with Gasteiger partial charge in [0.25, 0.3) is 0 Å². The molecule has 0 saturated heterocycles. The van der Waals surface area contributed by atoms with Crippen LogP contribution in [-0.2, 0) is 6.42 Å². The van der Waals surface area contributed by atoms with Crippen molar-refractivity contribution in [2.75, 3.05) is 0 Å². The van der Waals surface area contributed by atoms with Crippen LogP contribution in [-0.4, -0.2) is 13.6 Å². The quantitative estimate of drug-likeness (QED) is 0.603. The Morgan fingerprint density at radius 1 is 1.05 bits per heavy atom. The van der Waals surface area contributed by atoms with E-state index in [-0.39, 0.29) is 5.78 Å². The van der Waals surface area contributed by atoms with E-state index in [0.29, 0.717) is 22.0 Å². The second kappa shape index (κ2) is 6.27. The lowest BCUT2D eigenvalue weighted by molar-refractivity contribution is 0.0983. The highest BCUT2D eigenvalue weighted by molar-refractivity contribution is 6.32. The van der Waals surface area contributed by atoms with Crippen molar-refractivity contribution < 1.29 is 4.79 Å². The number of Topliss-reactive ketones (excluding diaryl/α,β-unsaturated/α-hetero) is 1. The molecule has 0 aromatic heterocycles. The Morgan fingerprint density at radius 3 is 2.37 bits per heavy atom. The Hall–Kier alpha value is -1.25. The van der Waals surface area contributed by atoms with Crippen LogP contribution in [0.1, 0.15) is 15.9 Å². The Kier molecular flexibility index (Phi) is 4.68. The standard InChI is InChI=1S/C15H11BCl2O/c16-14(8-10-4-6-12(17)7-5-10)15(19)11-2-1-3-13(18)9-11/h1-7,9,14H,8H2. The molecule has 0 aliphatic heterocycles. The molecular formula is C15H11BCl2O. The molecule has 0 N–H and O–H groups in total. The number of hydrogen-bond donors (Lipinski definition) is 0. The van der Waals surface area contributed by atoms with Crippen molar-refractivity contribution in [1.82, 2.24) is 0 Å². The van der Waals surface area contributed by atoms with Gasteiger partial charge < -0.3 is 0 Å². The molecule has 1 nitrogen and oxygen atoms in total. The van der Waals surface area contributed by atoms with Crippen molar-refractivity contribution in [3.8, 4) is 0 Å². The number of hydrogen-bond acceptors (Lipinski definition) is 1. The molecule has 4 heteroatoms. The van der Waals surface area contributed by atoms with Crippen LogP contribution >= 0.6 is 23.2 Å². The summed E-state index contributed by atoms with van der Waals surface area (Å²) < 4.78 is 0. The van der Waals surface area contributed by atoms with E-state index in [1.54, 1.807) is 36.4 Å². The maximum absolute atomic E-state index is 12.2. The molecule has 2 rings (SSSR count). The van der Waals surface area contributed by atoms with Crippen molar-refractivity contribution in [1.29, 1.82) is 0 Å². The van der Waals surface area contributed by atoms with E-state index in [1.165, 1.54) is 0 Å². The summed E-state index contributed by atoms with van der Waals surface area (Å²) in [6.07, 6.45) is 0.475. The number of ketones is 1. The van der Waals surface area contributed by atoms with Gasteiger partial charge in [-0.05, 0) is 42.1 Å². The lowest BCUT2D eigenvalue weighted by Crippen LogP contribution is -2.11. The average molecular weight is 289 g/mol. The summed E-state index contributed by atoms with van der Waals surface area (Å²) in [6.45, 7) is 0. The summed E-state index contributed by atoms with van der Waals surface area (Å²) in [5.74, 6) is -0.697. The van der Waals surface area contributed by atoms with Crippen LogP contribution in [0.4, 0.5) is 0 Å². The van der Waals surface area contributed by atoms with Gasteiger partial charge in [-0.1, -0.05) is 47.5 Å². The van der Waals surface area contributed by atoms with Crippen LogP contribution < -0.4 is 0 Å². The maximum atomic E-state index is 12.2. The second-order valence-corrected chi connectivity index (χ2v) is 5.18. The second-order valence-electron chi connectivity index (χ2n) is 4.31. The van der Waals surface area contributed by atoms with E-state index in [9.17, 15) is 4.79 Å². The van der Waals surface area contributed by atoms with Crippen LogP contribution in [0, 0.1) is 0 Å². The smallest absolute Gasteiger partial charge is 0.157 e. The minimum Gasteiger partial charge on any atom is -0.295 e. The molecule has 0 saturated carbocycles. The molecule has 0 amide bonds. The van der Waals surface area contributed by atoms with Gasteiger partial charge in [0.2, 0.25) is 0 Å². The first kappa shape index (κ1) is 14.2. The normalized spacial score (nSPS) is 12.1. The molecular weight excluding hydrogens is 278 g/mol. The van der Waals surface area contributed by atoms with Gasteiger partial charge in [-0.3, -0.25) is 4.79 Å². The molecule has 1 unspecified atom stereocenters. The highest BCUT2D eigenvalue weighted by Gasteiger charge is 2.15. The summed E-state index contributed by atoms with van der Waals surface area (Å²) in [4.78, 5) is 12.2. The fraction of sp³-hybridized carbons (Fsp3) is 0.133. The Balaban J connectivity index is 2.09. The van der Waals surface area contributed by atoms with Gasteiger partial charge in [-0.2, -0.15) is 0 Å². The number of halogens is 2. The fourth-order valence-corrected chi connectivity index (χ4v) is 2.14. The van der Waals surface area contributed by atoms with Crippen LogP contribution in [0.15, 0.2) is 48.5 Å². The highest BCUT2D eigenvalue weighted by atomic mass is 35.5. The molecule has 0 aliphatic carbocycles. The Bertz CT molecular complexity index is 581. The van der Waals surface area contributed by atoms with E-state index >= 15 is 0 Å². The zero-order valence-corrected chi connectivity index (χ0v) is 11.7. The average Bonchev–Trinajstić information content (AvgIpc) is 2.40. The van der Waals surface area contributed by atoms with Crippen LogP contribution in [0.5, 0.6) is 0 Å². The van der Waals surface area contributed by atoms with E-state index < -0.39 is 5.82 Å². The van der Waals surface area contributed by atoms with Gasteiger partial charge >= 0.3 is 0 Å². The lowest BCUT2D eigenvalue weighted by atomic mass is 9.77. The van der Waals surface area contributed by atoms with E-state index in [4.69, 9.17) is 31.0 Å². The van der Waals surface area contributed by atoms with Gasteiger partial charge in [-0.25, -0.2) is 0 Å². The summed E-state index contributed by atoms with van der Waals surface area (Å²) in [5, 5.41) is 1.20.